The van der Waals surface area contributed by atoms with Crippen molar-refractivity contribution in [1.29, 1.82) is 0 Å². The fourth-order valence-corrected chi connectivity index (χ4v) is 5.84. The van der Waals surface area contributed by atoms with Crippen LogP contribution in [0.15, 0.2) is 88.2 Å². The summed E-state index contributed by atoms with van der Waals surface area (Å²) in [5, 5.41) is 2.90. The van der Waals surface area contributed by atoms with Crippen molar-refractivity contribution < 1.29 is 22.7 Å². The lowest BCUT2D eigenvalue weighted by molar-refractivity contribution is -0.138. The highest BCUT2D eigenvalue weighted by atomic mass is 79.9. The van der Waals surface area contributed by atoms with Gasteiger partial charge in [0.25, 0.3) is 10.0 Å². The Morgan fingerprint density at radius 1 is 0.927 bits per heavy atom. The maximum absolute atomic E-state index is 13.9. The van der Waals surface area contributed by atoms with Crippen LogP contribution in [0.5, 0.6) is 5.75 Å². The molecule has 3 aromatic carbocycles. The van der Waals surface area contributed by atoms with Gasteiger partial charge < -0.3 is 15.0 Å². The molecule has 0 saturated carbocycles. The van der Waals surface area contributed by atoms with Crippen molar-refractivity contribution >= 4 is 43.5 Å². The summed E-state index contributed by atoms with van der Waals surface area (Å²) in [6.07, 6.45) is 0.511. The number of halogens is 1. The lowest BCUT2D eigenvalue weighted by Gasteiger charge is -2.32. The molecule has 3 aromatic rings. The highest BCUT2D eigenvalue weighted by Gasteiger charge is 2.32. The topological polar surface area (TPSA) is 96.0 Å². The van der Waals surface area contributed by atoms with E-state index in [1.807, 2.05) is 51.1 Å². The zero-order valence-electron chi connectivity index (χ0n) is 23.9. The number of ether oxygens (including phenoxy) is 1. The van der Waals surface area contributed by atoms with Crippen LogP contribution in [0, 0.1) is 5.92 Å². The van der Waals surface area contributed by atoms with Gasteiger partial charge in [-0.1, -0.05) is 60.1 Å². The Balaban J connectivity index is 1.97. The molecule has 0 fully saturated rings. The van der Waals surface area contributed by atoms with Crippen LogP contribution in [0.4, 0.5) is 5.69 Å². The van der Waals surface area contributed by atoms with E-state index in [0.29, 0.717) is 31.0 Å². The predicted octanol–water partition coefficient (Wildman–Crippen LogP) is 5.28. The largest absolute Gasteiger partial charge is 0.494 e. The van der Waals surface area contributed by atoms with Crippen LogP contribution < -0.4 is 14.4 Å². The molecule has 0 aliphatic heterocycles. The van der Waals surface area contributed by atoms with Gasteiger partial charge in [0.15, 0.2) is 0 Å². The molecule has 8 nitrogen and oxygen atoms in total. The Labute approximate surface area is 251 Å². The second-order valence-corrected chi connectivity index (χ2v) is 12.8. The quantitative estimate of drug-likeness (QED) is 0.258. The van der Waals surface area contributed by atoms with Crippen LogP contribution in [0.25, 0.3) is 0 Å². The normalized spacial score (nSPS) is 12.0. The van der Waals surface area contributed by atoms with Crippen molar-refractivity contribution in [3.05, 3.63) is 88.9 Å². The third kappa shape index (κ3) is 9.06. The third-order valence-electron chi connectivity index (χ3n) is 6.45. The summed E-state index contributed by atoms with van der Waals surface area (Å²) in [5.41, 5.74) is 1.32. The van der Waals surface area contributed by atoms with E-state index in [-0.39, 0.29) is 23.3 Å². The molecule has 220 valence electrons. The van der Waals surface area contributed by atoms with Gasteiger partial charge in [0.2, 0.25) is 11.8 Å². The van der Waals surface area contributed by atoms with Crippen molar-refractivity contribution in [2.75, 3.05) is 30.5 Å². The smallest absolute Gasteiger partial charge is 0.264 e. The molecule has 1 atom stereocenters. The van der Waals surface area contributed by atoms with Crippen LogP contribution in [0.1, 0.15) is 33.3 Å². The number of carbonyl (C=O) groups is 2. The monoisotopic (exact) mass is 643 g/mol. The Bertz CT molecular complexity index is 1380. The second-order valence-electron chi connectivity index (χ2n) is 10.0. The van der Waals surface area contributed by atoms with Gasteiger partial charge in [-0.15, -0.1) is 0 Å². The Kier molecular flexibility index (Phi) is 11.8. The van der Waals surface area contributed by atoms with Crippen molar-refractivity contribution in [3.63, 3.8) is 0 Å². The van der Waals surface area contributed by atoms with E-state index in [2.05, 4.69) is 21.2 Å². The van der Waals surface area contributed by atoms with Crippen molar-refractivity contribution in [2.45, 2.75) is 45.1 Å². The van der Waals surface area contributed by atoms with Gasteiger partial charge in [-0.3, -0.25) is 13.9 Å². The first-order chi connectivity index (χ1) is 19.5. The minimum absolute atomic E-state index is 0.0425. The number of carbonyl (C=O) groups excluding carboxylic acids is 2. The van der Waals surface area contributed by atoms with Crippen LogP contribution in [0.3, 0.4) is 0 Å². The van der Waals surface area contributed by atoms with Gasteiger partial charge in [-0.25, -0.2) is 8.42 Å². The molecule has 0 spiro atoms. The summed E-state index contributed by atoms with van der Waals surface area (Å²) in [5.74, 6) is 0.0560. The van der Waals surface area contributed by atoms with Crippen LogP contribution in [-0.4, -0.2) is 57.4 Å². The number of hydrogen-bond acceptors (Lipinski definition) is 5. The number of hydrogen-bond donors (Lipinski definition) is 1. The van der Waals surface area contributed by atoms with Gasteiger partial charge in [-0.05, 0) is 80.3 Å². The molecular formula is C31H38BrN3O5S. The molecular weight excluding hydrogens is 606 g/mol. The number of nitrogens with zero attached hydrogens (tertiary/aromatic N) is 2. The number of amides is 2. The Morgan fingerprint density at radius 2 is 1.56 bits per heavy atom. The first kappa shape index (κ1) is 32.1. The lowest BCUT2D eigenvalue weighted by Crippen LogP contribution is -2.52. The summed E-state index contributed by atoms with van der Waals surface area (Å²) < 4.78 is 35.1. The first-order valence-electron chi connectivity index (χ1n) is 13.6. The van der Waals surface area contributed by atoms with Crippen molar-refractivity contribution in [1.82, 2.24) is 10.2 Å². The van der Waals surface area contributed by atoms with Gasteiger partial charge in [0.1, 0.15) is 18.3 Å². The molecule has 41 heavy (non-hydrogen) atoms. The molecule has 10 heteroatoms. The van der Waals surface area contributed by atoms with Gasteiger partial charge >= 0.3 is 0 Å². The summed E-state index contributed by atoms with van der Waals surface area (Å²) in [4.78, 5) is 28.5. The molecule has 1 N–H and O–H groups in total. The predicted molar refractivity (Wildman–Crippen MR) is 165 cm³/mol. The summed E-state index contributed by atoms with van der Waals surface area (Å²) in [6, 6.07) is 21.7. The van der Waals surface area contributed by atoms with Crippen LogP contribution in [0.2, 0.25) is 0 Å². The SMILES string of the molecule is CCOc1ccc(N(CC(=O)N(CCc2ccccc2)[C@H](C)C(=O)NCC(C)C)S(=O)(=O)c2ccc(Br)cc2)cc1. The molecule has 3 rings (SSSR count). The van der Waals surface area contributed by atoms with E-state index in [9.17, 15) is 18.0 Å². The number of benzene rings is 3. The zero-order valence-corrected chi connectivity index (χ0v) is 26.3. The summed E-state index contributed by atoms with van der Waals surface area (Å²) in [6.45, 7) is 8.21. The zero-order chi connectivity index (χ0) is 30.0. The molecule has 2 amide bonds. The molecule has 0 aliphatic rings. The minimum atomic E-state index is -4.14. The molecule has 0 saturated heterocycles. The van der Waals surface area contributed by atoms with Crippen LogP contribution >= 0.6 is 15.9 Å². The average molecular weight is 645 g/mol. The van der Waals surface area contributed by atoms with E-state index in [4.69, 9.17) is 4.74 Å². The molecule has 0 aromatic heterocycles. The Hall–Kier alpha value is -3.37. The van der Waals surface area contributed by atoms with Gasteiger partial charge in [0, 0.05) is 17.6 Å². The van der Waals surface area contributed by atoms with Crippen molar-refractivity contribution in [2.24, 2.45) is 5.92 Å². The van der Waals surface area contributed by atoms with Gasteiger partial charge in [0.05, 0.1) is 17.2 Å². The number of nitrogens with one attached hydrogen (secondary N) is 1. The standard InChI is InChI=1S/C31H38BrN3O5S/c1-5-40-28-15-13-27(14-16-28)35(41(38,39)29-17-11-26(32)12-18-29)22-30(36)34(20-19-25-9-7-6-8-10-25)24(4)31(37)33-21-23(2)3/h6-18,23-24H,5,19-22H2,1-4H3,(H,33,37)/t24-/m1/s1. The number of sulfonamides is 1. The van der Waals surface area contributed by atoms with E-state index < -0.39 is 28.5 Å². The first-order valence-corrected chi connectivity index (χ1v) is 15.9. The molecule has 0 bridgehead atoms. The van der Waals surface area contributed by atoms with E-state index >= 15 is 0 Å². The van der Waals surface area contributed by atoms with E-state index in [1.165, 1.54) is 17.0 Å². The fraction of sp³-hybridized carbons (Fsp3) is 0.355. The highest BCUT2D eigenvalue weighted by molar-refractivity contribution is 9.10. The second kappa shape index (κ2) is 15.0. The van der Waals surface area contributed by atoms with Gasteiger partial charge in [-0.2, -0.15) is 0 Å². The summed E-state index contributed by atoms with van der Waals surface area (Å²) in [7, 11) is -4.14. The Morgan fingerprint density at radius 3 is 2.15 bits per heavy atom. The number of anilines is 1. The molecule has 0 radical (unpaired) electrons. The molecule has 0 unspecified atom stereocenters. The third-order valence-corrected chi connectivity index (χ3v) is 8.77. The molecule has 0 aliphatic carbocycles. The maximum Gasteiger partial charge on any atom is 0.264 e. The lowest BCUT2D eigenvalue weighted by atomic mass is 10.1. The van der Waals surface area contributed by atoms with E-state index in [0.717, 1.165) is 14.3 Å². The van der Waals surface area contributed by atoms with Crippen LogP contribution in [-0.2, 0) is 26.0 Å². The summed E-state index contributed by atoms with van der Waals surface area (Å²) >= 11 is 3.34. The van der Waals surface area contributed by atoms with Crippen molar-refractivity contribution in [3.8, 4) is 5.75 Å². The average Bonchev–Trinajstić information content (AvgIpc) is 2.96. The fourth-order valence-electron chi connectivity index (χ4n) is 4.16. The minimum Gasteiger partial charge on any atom is -0.494 e. The van der Waals surface area contributed by atoms with E-state index in [1.54, 1.807) is 43.3 Å². The maximum atomic E-state index is 13.9. The number of rotatable bonds is 14. The molecule has 0 heterocycles. The highest BCUT2D eigenvalue weighted by Crippen LogP contribution is 2.27.